The minimum atomic E-state index is 0.883. The molecule has 1 aliphatic carbocycles. The summed E-state index contributed by atoms with van der Waals surface area (Å²) in [7, 11) is 0. The van der Waals surface area contributed by atoms with E-state index < -0.39 is 0 Å². The summed E-state index contributed by atoms with van der Waals surface area (Å²) in [5.41, 5.74) is 5.43. The van der Waals surface area contributed by atoms with Gasteiger partial charge in [0.1, 0.15) is 0 Å². The molecular weight excluding hydrogens is 110 g/mol. The van der Waals surface area contributed by atoms with Crippen LogP contribution >= 0.6 is 0 Å². The van der Waals surface area contributed by atoms with Crippen molar-refractivity contribution in [3.8, 4) is 0 Å². The van der Waals surface area contributed by atoms with Gasteiger partial charge in [0.25, 0.3) is 0 Å². The highest BCUT2D eigenvalue weighted by Gasteiger charge is 2.37. The number of hydrogen-bond acceptors (Lipinski definition) is 1. The predicted octanol–water partition coefficient (Wildman–Crippen LogP) is 1.63. The van der Waals surface area contributed by atoms with E-state index >= 15 is 0 Å². The lowest BCUT2D eigenvalue weighted by atomic mass is 10.1. The molecule has 2 unspecified atom stereocenters. The third-order valence-electron chi connectivity index (χ3n) is 2.37. The first-order valence-corrected chi connectivity index (χ1v) is 3.95. The van der Waals surface area contributed by atoms with Crippen molar-refractivity contribution in [3.63, 3.8) is 0 Å². The van der Waals surface area contributed by atoms with Crippen LogP contribution in [-0.4, -0.2) is 6.54 Å². The van der Waals surface area contributed by atoms with Crippen LogP contribution < -0.4 is 5.73 Å². The average Bonchev–Trinajstić information content (AvgIpc) is 2.47. The quantitative estimate of drug-likeness (QED) is 0.612. The van der Waals surface area contributed by atoms with Gasteiger partial charge in [0.15, 0.2) is 0 Å². The van der Waals surface area contributed by atoms with E-state index in [-0.39, 0.29) is 0 Å². The Morgan fingerprint density at radius 2 is 2.22 bits per heavy atom. The van der Waals surface area contributed by atoms with Crippen LogP contribution in [0.1, 0.15) is 26.7 Å². The molecule has 54 valence electrons. The van der Waals surface area contributed by atoms with E-state index in [9.17, 15) is 0 Å². The maximum absolute atomic E-state index is 5.43. The van der Waals surface area contributed by atoms with E-state index in [1.54, 1.807) is 0 Å². The lowest BCUT2D eigenvalue weighted by molar-refractivity contribution is 0.506. The zero-order valence-electron chi connectivity index (χ0n) is 6.43. The maximum atomic E-state index is 5.43. The Labute approximate surface area is 57.6 Å². The van der Waals surface area contributed by atoms with Gasteiger partial charge in [0, 0.05) is 0 Å². The fourth-order valence-electron chi connectivity index (χ4n) is 1.63. The Morgan fingerprint density at radius 1 is 1.56 bits per heavy atom. The molecule has 0 aromatic rings. The van der Waals surface area contributed by atoms with Gasteiger partial charge in [-0.2, -0.15) is 0 Å². The van der Waals surface area contributed by atoms with Crippen LogP contribution in [0.2, 0.25) is 0 Å². The van der Waals surface area contributed by atoms with Gasteiger partial charge < -0.3 is 5.73 Å². The van der Waals surface area contributed by atoms with E-state index in [0.29, 0.717) is 0 Å². The van der Waals surface area contributed by atoms with Crippen molar-refractivity contribution in [1.82, 2.24) is 0 Å². The maximum Gasteiger partial charge on any atom is -0.00745 e. The average molecular weight is 127 g/mol. The van der Waals surface area contributed by atoms with Crippen LogP contribution in [-0.2, 0) is 0 Å². The van der Waals surface area contributed by atoms with Crippen molar-refractivity contribution in [2.45, 2.75) is 26.7 Å². The van der Waals surface area contributed by atoms with E-state index in [1.165, 1.54) is 12.8 Å². The second-order valence-corrected chi connectivity index (χ2v) is 3.48. The van der Waals surface area contributed by atoms with Crippen LogP contribution in [0.4, 0.5) is 0 Å². The highest BCUT2D eigenvalue weighted by Crippen LogP contribution is 2.45. The van der Waals surface area contributed by atoms with Crippen LogP contribution in [0.15, 0.2) is 0 Å². The lowest BCUT2D eigenvalue weighted by Gasteiger charge is -2.00. The molecule has 1 aliphatic rings. The van der Waals surface area contributed by atoms with Gasteiger partial charge >= 0.3 is 0 Å². The van der Waals surface area contributed by atoms with Gasteiger partial charge in [0.05, 0.1) is 0 Å². The van der Waals surface area contributed by atoms with Crippen LogP contribution in [0.5, 0.6) is 0 Å². The third-order valence-corrected chi connectivity index (χ3v) is 2.37. The van der Waals surface area contributed by atoms with E-state index in [4.69, 9.17) is 5.73 Å². The molecule has 0 aromatic carbocycles. The molecule has 1 heteroatoms. The molecule has 0 spiro atoms. The molecule has 2 atom stereocenters. The van der Waals surface area contributed by atoms with Crippen molar-refractivity contribution in [2.75, 3.05) is 6.54 Å². The first-order valence-electron chi connectivity index (χ1n) is 3.95. The van der Waals surface area contributed by atoms with Gasteiger partial charge in [0.2, 0.25) is 0 Å². The van der Waals surface area contributed by atoms with Crippen LogP contribution in [0, 0.1) is 17.8 Å². The molecule has 2 N–H and O–H groups in total. The summed E-state index contributed by atoms with van der Waals surface area (Å²) in [6.07, 6.45) is 2.69. The fourth-order valence-corrected chi connectivity index (χ4v) is 1.63. The molecule has 0 bridgehead atoms. The summed E-state index contributed by atoms with van der Waals surface area (Å²) < 4.78 is 0. The van der Waals surface area contributed by atoms with Gasteiger partial charge in [-0.1, -0.05) is 13.8 Å². The molecule has 0 amide bonds. The monoisotopic (exact) mass is 127 g/mol. The van der Waals surface area contributed by atoms with Crippen molar-refractivity contribution in [1.29, 1.82) is 0 Å². The van der Waals surface area contributed by atoms with E-state index in [2.05, 4.69) is 13.8 Å². The Bertz CT molecular complexity index is 88.6. The fraction of sp³-hybridized carbons (Fsp3) is 1.00. The van der Waals surface area contributed by atoms with E-state index in [0.717, 1.165) is 24.3 Å². The Morgan fingerprint density at radius 3 is 2.56 bits per heavy atom. The zero-order valence-corrected chi connectivity index (χ0v) is 6.43. The summed E-state index contributed by atoms with van der Waals surface area (Å²) in [6, 6.07) is 0. The molecule has 0 heterocycles. The lowest BCUT2D eigenvalue weighted by Crippen LogP contribution is -2.01. The van der Waals surface area contributed by atoms with Crippen molar-refractivity contribution in [3.05, 3.63) is 0 Å². The van der Waals surface area contributed by atoms with Gasteiger partial charge in [-0.25, -0.2) is 0 Å². The summed E-state index contributed by atoms with van der Waals surface area (Å²) in [5, 5.41) is 0. The van der Waals surface area contributed by atoms with Crippen LogP contribution in [0.25, 0.3) is 0 Å². The van der Waals surface area contributed by atoms with Crippen molar-refractivity contribution >= 4 is 0 Å². The van der Waals surface area contributed by atoms with Gasteiger partial charge in [-0.3, -0.25) is 0 Å². The number of rotatable bonds is 3. The van der Waals surface area contributed by atoms with Gasteiger partial charge in [-0.05, 0) is 37.1 Å². The second kappa shape index (κ2) is 2.70. The number of hydrogen-bond donors (Lipinski definition) is 1. The SMILES string of the molecule is CC(C)C1CC1CCN. The molecule has 1 saturated carbocycles. The molecule has 1 rings (SSSR count). The minimum Gasteiger partial charge on any atom is -0.330 e. The highest BCUT2D eigenvalue weighted by molar-refractivity contribution is 4.87. The molecule has 0 saturated heterocycles. The normalized spacial score (nSPS) is 33.3. The van der Waals surface area contributed by atoms with Crippen LogP contribution in [0.3, 0.4) is 0 Å². The zero-order chi connectivity index (χ0) is 6.85. The van der Waals surface area contributed by atoms with Crippen molar-refractivity contribution < 1.29 is 0 Å². The molecule has 0 aromatic heterocycles. The summed E-state index contributed by atoms with van der Waals surface area (Å²) in [5.74, 6) is 2.88. The number of nitrogens with two attached hydrogens (primary N) is 1. The molecule has 0 radical (unpaired) electrons. The Kier molecular flexibility index (Phi) is 2.12. The summed E-state index contributed by atoms with van der Waals surface area (Å²) >= 11 is 0. The molecule has 0 aliphatic heterocycles. The summed E-state index contributed by atoms with van der Waals surface area (Å²) in [6.45, 7) is 5.50. The molecule has 1 fully saturated rings. The van der Waals surface area contributed by atoms with Gasteiger partial charge in [-0.15, -0.1) is 0 Å². The predicted molar refractivity (Wildman–Crippen MR) is 40.1 cm³/mol. The highest BCUT2D eigenvalue weighted by atomic mass is 14.6. The topological polar surface area (TPSA) is 26.0 Å². The summed E-state index contributed by atoms with van der Waals surface area (Å²) in [4.78, 5) is 0. The smallest absolute Gasteiger partial charge is 0.00745 e. The Hall–Kier alpha value is -0.0400. The first kappa shape index (κ1) is 7.07. The third kappa shape index (κ3) is 1.68. The van der Waals surface area contributed by atoms with Crippen molar-refractivity contribution in [2.24, 2.45) is 23.5 Å². The first-order chi connectivity index (χ1) is 4.25. The Balaban J connectivity index is 2.09. The molecule has 1 nitrogen and oxygen atoms in total. The molecular formula is C8H17N. The minimum absolute atomic E-state index is 0.883. The molecule has 9 heavy (non-hydrogen) atoms. The largest absolute Gasteiger partial charge is 0.330 e. The van der Waals surface area contributed by atoms with E-state index in [1.807, 2.05) is 0 Å². The standard InChI is InChI=1S/C8H17N/c1-6(2)8-5-7(8)3-4-9/h6-8H,3-5,9H2,1-2H3. The second-order valence-electron chi connectivity index (χ2n) is 3.48.